The second-order valence-corrected chi connectivity index (χ2v) is 6.34. The van der Waals surface area contributed by atoms with Crippen LogP contribution in [0.25, 0.3) is 0 Å². The first-order valence-corrected chi connectivity index (χ1v) is 7.73. The second kappa shape index (κ2) is 5.79. The van der Waals surface area contributed by atoms with Gasteiger partial charge in [-0.3, -0.25) is 4.79 Å². The zero-order valence-corrected chi connectivity index (χ0v) is 13.4. The van der Waals surface area contributed by atoms with Gasteiger partial charge in [-0.2, -0.15) is 0 Å². The molecule has 1 amide bonds. The van der Waals surface area contributed by atoms with Gasteiger partial charge in [0.2, 0.25) is 0 Å². The zero-order valence-electron chi connectivity index (χ0n) is 11.1. The number of aliphatic hydroxyl groups excluding tert-OH is 1. The summed E-state index contributed by atoms with van der Waals surface area (Å²) in [5, 5.41) is 10.3. The van der Waals surface area contributed by atoms with Gasteiger partial charge in [0, 0.05) is 21.6 Å². The van der Waals surface area contributed by atoms with Crippen LogP contribution in [0.1, 0.15) is 27.5 Å². The third-order valence-electron chi connectivity index (χ3n) is 3.68. The maximum atomic E-state index is 12.5. The van der Waals surface area contributed by atoms with Gasteiger partial charge in [-0.05, 0) is 41.5 Å². The van der Waals surface area contributed by atoms with Crippen LogP contribution in [0.4, 0.5) is 0 Å². The molecule has 0 aromatic heterocycles. The summed E-state index contributed by atoms with van der Waals surface area (Å²) in [6.45, 7) is 0.354. The first-order chi connectivity index (χ1) is 10.1. The van der Waals surface area contributed by atoms with Crippen LogP contribution in [-0.2, 0) is 6.54 Å². The molecule has 1 N–H and O–H groups in total. The molecule has 0 spiro atoms. The maximum absolute atomic E-state index is 12.5. The number of aliphatic hydroxyl groups is 1. The first-order valence-electron chi connectivity index (χ1n) is 6.56. The van der Waals surface area contributed by atoms with Crippen LogP contribution < -0.4 is 0 Å². The third-order valence-corrected chi connectivity index (χ3v) is 4.41. The minimum atomic E-state index is -0.387. The van der Waals surface area contributed by atoms with Gasteiger partial charge in [0.25, 0.3) is 5.91 Å². The van der Waals surface area contributed by atoms with Crippen LogP contribution in [0.15, 0.2) is 46.9 Å². The summed E-state index contributed by atoms with van der Waals surface area (Å²) in [5.41, 5.74) is 2.50. The summed E-state index contributed by atoms with van der Waals surface area (Å²) in [6.07, 6.45) is 0. The van der Waals surface area contributed by atoms with Gasteiger partial charge in [0.1, 0.15) is 0 Å². The Morgan fingerprint density at radius 3 is 2.81 bits per heavy atom. The molecule has 0 bridgehead atoms. The monoisotopic (exact) mass is 365 g/mol. The summed E-state index contributed by atoms with van der Waals surface area (Å²) >= 11 is 9.42. The van der Waals surface area contributed by atoms with E-state index < -0.39 is 0 Å². The van der Waals surface area contributed by atoms with Crippen LogP contribution in [0.5, 0.6) is 0 Å². The number of benzene rings is 2. The number of carbonyl (C=O) groups is 1. The second-order valence-electron chi connectivity index (χ2n) is 4.99. The molecule has 1 heterocycles. The Balaban J connectivity index is 1.95. The highest BCUT2D eigenvalue weighted by molar-refractivity contribution is 9.10. The van der Waals surface area contributed by atoms with Crippen LogP contribution in [0.2, 0.25) is 5.02 Å². The van der Waals surface area contributed by atoms with Crippen molar-refractivity contribution in [3.8, 4) is 0 Å². The van der Waals surface area contributed by atoms with Crippen molar-refractivity contribution in [3.05, 3.63) is 68.7 Å². The molecule has 3 nitrogen and oxygen atoms in total. The Kier molecular flexibility index (Phi) is 4.02. The molecule has 0 unspecified atom stereocenters. The predicted molar refractivity (Wildman–Crippen MR) is 85.3 cm³/mol. The van der Waals surface area contributed by atoms with Gasteiger partial charge in [-0.15, -0.1) is 0 Å². The number of hydrogen-bond acceptors (Lipinski definition) is 2. The van der Waals surface area contributed by atoms with Crippen molar-refractivity contribution in [2.45, 2.75) is 12.6 Å². The number of hydrogen-bond donors (Lipinski definition) is 1. The Bertz CT molecular complexity index is 704. The van der Waals surface area contributed by atoms with Crippen molar-refractivity contribution in [1.29, 1.82) is 0 Å². The van der Waals surface area contributed by atoms with Gasteiger partial charge in [0.15, 0.2) is 0 Å². The molecule has 1 atom stereocenters. The lowest BCUT2D eigenvalue weighted by atomic mass is 10.1. The van der Waals surface area contributed by atoms with E-state index in [4.69, 9.17) is 11.6 Å². The highest BCUT2D eigenvalue weighted by Crippen LogP contribution is 2.33. The SMILES string of the molecule is O=C1c2ccc(Br)cc2CN1[C@H](CO)c1cccc(Cl)c1. The number of fused-ring (bicyclic) bond motifs is 1. The van der Waals surface area contributed by atoms with Crippen LogP contribution in [-0.4, -0.2) is 22.5 Å². The molecule has 2 aromatic rings. The molecule has 5 heteroatoms. The number of amides is 1. The standard InChI is InChI=1S/C16H13BrClNO2/c17-12-4-5-14-11(6-12)8-19(16(14)21)15(9-20)10-2-1-3-13(18)7-10/h1-7,15,20H,8-9H2/t15-/m1/s1. The fourth-order valence-electron chi connectivity index (χ4n) is 2.66. The minimum absolute atomic E-state index is 0.0588. The smallest absolute Gasteiger partial charge is 0.255 e. The van der Waals surface area contributed by atoms with E-state index in [0.717, 1.165) is 15.6 Å². The minimum Gasteiger partial charge on any atom is -0.394 e. The molecular weight excluding hydrogens is 354 g/mol. The van der Waals surface area contributed by atoms with Gasteiger partial charge < -0.3 is 10.0 Å². The lowest BCUT2D eigenvalue weighted by molar-refractivity contribution is 0.0615. The van der Waals surface area contributed by atoms with Gasteiger partial charge in [-0.1, -0.05) is 39.7 Å². The Hall–Kier alpha value is -1.36. The van der Waals surface area contributed by atoms with E-state index in [0.29, 0.717) is 17.1 Å². The van der Waals surface area contributed by atoms with E-state index in [1.165, 1.54) is 0 Å². The average molecular weight is 367 g/mol. The lowest BCUT2D eigenvalue weighted by Crippen LogP contribution is -2.31. The van der Waals surface area contributed by atoms with E-state index >= 15 is 0 Å². The first kappa shape index (κ1) is 14.6. The lowest BCUT2D eigenvalue weighted by Gasteiger charge is -2.26. The van der Waals surface area contributed by atoms with Gasteiger partial charge >= 0.3 is 0 Å². The quantitative estimate of drug-likeness (QED) is 0.898. The van der Waals surface area contributed by atoms with Crippen LogP contribution >= 0.6 is 27.5 Å². The molecule has 0 saturated heterocycles. The molecule has 2 aromatic carbocycles. The Morgan fingerprint density at radius 2 is 2.10 bits per heavy atom. The highest BCUT2D eigenvalue weighted by Gasteiger charge is 2.33. The molecule has 0 aliphatic carbocycles. The molecule has 1 aliphatic heterocycles. The van der Waals surface area contributed by atoms with Crippen molar-refractivity contribution >= 4 is 33.4 Å². The van der Waals surface area contributed by atoms with E-state index in [1.54, 1.807) is 17.0 Å². The van der Waals surface area contributed by atoms with Crippen molar-refractivity contribution < 1.29 is 9.90 Å². The van der Waals surface area contributed by atoms with E-state index in [9.17, 15) is 9.90 Å². The molecule has 3 rings (SSSR count). The van der Waals surface area contributed by atoms with Crippen LogP contribution in [0, 0.1) is 0 Å². The van der Waals surface area contributed by atoms with Crippen molar-refractivity contribution in [2.75, 3.05) is 6.61 Å². The normalized spacial score (nSPS) is 15.2. The highest BCUT2D eigenvalue weighted by atomic mass is 79.9. The number of nitrogens with zero attached hydrogens (tertiary/aromatic N) is 1. The fraction of sp³-hybridized carbons (Fsp3) is 0.188. The Morgan fingerprint density at radius 1 is 1.29 bits per heavy atom. The molecule has 0 fully saturated rings. The predicted octanol–water partition coefficient (Wildman–Crippen LogP) is 3.79. The summed E-state index contributed by atoms with van der Waals surface area (Å²) < 4.78 is 0.944. The summed E-state index contributed by atoms with van der Waals surface area (Å²) in [4.78, 5) is 14.2. The van der Waals surface area contributed by atoms with E-state index in [1.807, 2.05) is 30.3 Å². The Labute approximate surface area is 136 Å². The van der Waals surface area contributed by atoms with Crippen LogP contribution in [0.3, 0.4) is 0 Å². The zero-order chi connectivity index (χ0) is 15.0. The van der Waals surface area contributed by atoms with E-state index in [-0.39, 0.29) is 18.6 Å². The average Bonchev–Trinajstić information content (AvgIpc) is 2.76. The summed E-state index contributed by atoms with van der Waals surface area (Å²) in [6, 6.07) is 12.5. The van der Waals surface area contributed by atoms with E-state index in [2.05, 4.69) is 15.9 Å². The van der Waals surface area contributed by atoms with Crippen molar-refractivity contribution in [2.24, 2.45) is 0 Å². The molecule has 21 heavy (non-hydrogen) atoms. The molecule has 1 aliphatic rings. The number of carbonyl (C=O) groups excluding carboxylic acids is 1. The molecule has 108 valence electrons. The van der Waals surface area contributed by atoms with Crippen molar-refractivity contribution in [3.63, 3.8) is 0 Å². The maximum Gasteiger partial charge on any atom is 0.255 e. The topological polar surface area (TPSA) is 40.5 Å². The number of halogens is 2. The molecule has 0 saturated carbocycles. The molecule has 0 radical (unpaired) electrons. The van der Waals surface area contributed by atoms with Gasteiger partial charge in [0.05, 0.1) is 12.6 Å². The summed E-state index contributed by atoms with van der Waals surface area (Å²) in [7, 11) is 0. The molecular formula is C16H13BrClNO2. The fourth-order valence-corrected chi connectivity index (χ4v) is 3.27. The van der Waals surface area contributed by atoms with Crippen molar-refractivity contribution in [1.82, 2.24) is 4.90 Å². The largest absolute Gasteiger partial charge is 0.394 e. The number of rotatable bonds is 3. The van der Waals surface area contributed by atoms with Gasteiger partial charge in [-0.25, -0.2) is 0 Å². The summed E-state index contributed by atoms with van der Waals surface area (Å²) in [5.74, 6) is -0.0588. The third kappa shape index (κ3) is 2.71.